The number of para-hydroxylation sites is 1. The number of carbonyl (C=O) groups excluding carboxylic acids is 1. The summed E-state index contributed by atoms with van der Waals surface area (Å²) in [6.07, 6.45) is 3.36. The van der Waals surface area contributed by atoms with Gasteiger partial charge >= 0.3 is 0 Å². The van der Waals surface area contributed by atoms with Crippen molar-refractivity contribution >= 4 is 17.3 Å². The molecule has 3 aromatic rings. The maximum absolute atomic E-state index is 12.6. The normalized spacial score (nSPS) is 10.3. The smallest absolute Gasteiger partial charge is 0.285 e. The van der Waals surface area contributed by atoms with E-state index in [0.717, 1.165) is 5.56 Å². The third-order valence-corrected chi connectivity index (χ3v) is 4.20. The Morgan fingerprint density at radius 2 is 2.00 bits per heavy atom. The molecule has 1 N–H and O–H groups in total. The number of pyridine rings is 1. The molecule has 0 radical (unpaired) electrons. The Morgan fingerprint density at radius 3 is 2.69 bits per heavy atom. The average molecular weight is 393 g/mol. The van der Waals surface area contributed by atoms with Crippen LogP contribution in [0.4, 0.5) is 11.4 Å². The standard InChI is InChI=1S/C21H19N3O5/c1-14-5-3-7-17(20(14)24(26)27)21(25)23-16-8-9-18(28-2)19(11-16)29-13-15-6-4-10-22-12-15/h3-12H,13H2,1-2H3,(H,23,25). The number of aryl methyl sites for hydroxylation is 1. The van der Waals surface area contributed by atoms with E-state index in [2.05, 4.69) is 10.3 Å². The van der Waals surface area contributed by atoms with Crippen LogP contribution in [-0.2, 0) is 6.61 Å². The van der Waals surface area contributed by atoms with E-state index < -0.39 is 10.8 Å². The first-order chi connectivity index (χ1) is 14.0. The number of nitrogens with one attached hydrogen (secondary N) is 1. The Balaban J connectivity index is 1.82. The summed E-state index contributed by atoms with van der Waals surface area (Å²) in [5.41, 5.74) is 1.49. The van der Waals surface area contributed by atoms with Crippen molar-refractivity contribution in [2.24, 2.45) is 0 Å². The van der Waals surface area contributed by atoms with Gasteiger partial charge in [-0.15, -0.1) is 0 Å². The number of nitro groups is 1. The molecule has 8 heteroatoms. The first-order valence-corrected chi connectivity index (χ1v) is 8.74. The maximum atomic E-state index is 12.6. The van der Waals surface area contributed by atoms with Gasteiger partial charge in [-0.05, 0) is 31.2 Å². The summed E-state index contributed by atoms with van der Waals surface area (Å²) in [5, 5.41) is 14.0. The fourth-order valence-corrected chi connectivity index (χ4v) is 2.79. The highest BCUT2D eigenvalue weighted by atomic mass is 16.6. The van der Waals surface area contributed by atoms with Crippen molar-refractivity contribution < 1.29 is 19.2 Å². The van der Waals surface area contributed by atoms with Crippen LogP contribution in [0.25, 0.3) is 0 Å². The van der Waals surface area contributed by atoms with Crippen molar-refractivity contribution in [2.45, 2.75) is 13.5 Å². The van der Waals surface area contributed by atoms with Crippen molar-refractivity contribution in [1.82, 2.24) is 4.98 Å². The molecule has 0 aliphatic rings. The summed E-state index contributed by atoms with van der Waals surface area (Å²) in [6.45, 7) is 1.86. The summed E-state index contributed by atoms with van der Waals surface area (Å²) in [5.74, 6) is 0.338. The molecule has 0 fully saturated rings. The zero-order valence-corrected chi connectivity index (χ0v) is 15.9. The molecular weight excluding hydrogens is 374 g/mol. The molecule has 0 atom stereocenters. The lowest BCUT2D eigenvalue weighted by Crippen LogP contribution is -2.14. The largest absolute Gasteiger partial charge is 0.493 e. The zero-order valence-electron chi connectivity index (χ0n) is 15.9. The fraction of sp³-hybridized carbons (Fsp3) is 0.143. The Labute approximate surface area is 167 Å². The number of amides is 1. The zero-order chi connectivity index (χ0) is 20.8. The number of benzene rings is 2. The quantitative estimate of drug-likeness (QED) is 0.478. The van der Waals surface area contributed by atoms with E-state index in [1.54, 1.807) is 55.7 Å². The maximum Gasteiger partial charge on any atom is 0.285 e. The molecule has 29 heavy (non-hydrogen) atoms. The van der Waals surface area contributed by atoms with Gasteiger partial charge in [0.15, 0.2) is 11.5 Å². The third-order valence-electron chi connectivity index (χ3n) is 4.20. The van der Waals surface area contributed by atoms with Gasteiger partial charge in [0.1, 0.15) is 12.2 Å². The van der Waals surface area contributed by atoms with Gasteiger partial charge in [0, 0.05) is 35.3 Å². The van der Waals surface area contributed by atoms with Gasteiger partial charge in [-0.2, -0.15) is 0 Å². The van der Waals surface area contributed by atoms with Crippen LogP contribution in [0, 0.1) is 17.0 Å². The number of nitrogens with zero attached hydrogens (tertiary/aromatic N) is 2. The minimum Gasteiger partial charge on any atom is -0.493 e. The Bertz CT molecular complexity index is 1040. The lowest BCUT2D eigenvalue weighted by atomic mass is 10.1. The topological polar surface area (TPSA) is 104 Å². The average Bonchev–Trinajstić information content (AvgIpc) is 2.72. The molecule has 0 aliphatic heterocycles. The van der Waals surface area contributed by atoms with Gasteiger partial charge in [0.2, 0.25) is 0 Å². The number of hydrogen-bond donors (Lipinski definition) is 1. The summed E-state index contributed by atoms with van der Waals surface area (Å²) in [6, 6.07) is 13.2. The molecule has 1 amide bonds. The monoisotopic (exact) mass is 393 g/mol. The summed E-state index contributed by atoms with van der Waals surface area (Å²) < 4.78 is 11.1. The molecule has 0 spiro atoms. The highest BCUT2D eigenvalue weighted by Gasteiger charge is 2.22. The Kier molecular flexibility index (Phi) is 6.03. The fourth-order valence-electron chi connectivity index (χ4n) is 2.79. The third kappa shape index (κ3) is 4.67. The number of ether oxygens (including phenoxy) is 2. The van der Waals surface area contributed by atoms with Gasteiger partial charge in [0.25, 0.3) is 11.6 Å². The summed E-state index contributed by atoms with van der Waals surface area (Å²) in [4.78, 5) is 27.5. The van der Waals surface area contributed by atoms with Crippen LogP contribution in [0.15, 0.2) is 60.9 Å². The van der Waals surface area contributed by atoms with Crippen LogP contribution in [0.2, 0.25) is 0 Å². The Hall–Kier alpha value is -3.94. The van der Waals surface area contributed by atoms with Crippen molar-refractivity contribution in [3.63, 3.8) is 0 Å². The minimum atomic E-state index is -0.580. The number of hydrogen-bond acceptors (Lipinski definition) is 6. The van der Waals surface area contributed by atoms with E-state index in [9.17, 15) is 14.9 Å². The molecule has 148 valence electrons. The molecule has 0 saturated heterocycles. The predicted molar refractivity (Wildman–Crippen MR) is 107 cm³/mol. The molecule has 3 rings (SSSR count). The molecule has 0 aliphatic carbocycles. The van der Waals surface area contributed by atoms with Gasteiger partial charge in [-0.3, -0.25) is 19.9 Å². The Morgan fingerprint density at radius 1 is 1.17 bits per heavy atom. The van der Waals surface area contributed by atoms with Gasteiger partial charge in [0.05, 0.1) is 12.0 Å². The van der Waals surface area contributed by atoms with Crippen LogP contribution in [0.1, 0.15) is 21.5 Å². The van der Waals surface area contributed by atoms with Crippen LogP contribution < -0.4 is 14.8 Å². The predicted octanol–water partition coefficient (Wildman–Crippen LogP) is 4.14. The van der Waals surface area contributed by atoms with E-state index in [4.69, 9.17) is 9.47 Å². The van der Waals surface area contributed by atoms with E-state index in [0.29, 0.717) is 22.7 Å². The molecule has 1 aromatic heterocycles. The number of rotatable bonds is 7. The lowest BCUT2D eigenvalue weighted by molar-refractivity contribution is -0.385. The molecule has 0 saturated carbocycles. The number of carbonyl (C=O) groups is 1. The van der Waals surface area contributed by atoms with E-state index in [1.807, 2.05) is 6.07 Å². The lowest BCUT2D eigenvalue weighted by Gasteiger charge is -2.13. The first-order valence-electron chi connectivity index (χ1n) is 8.74. The first kappa shape index (κ1) is 19.8. The molecule has 0 bridgehead atoms. The van der Waals surface area contributed by atoms with E-state index in [1.165, 1.54) is 13.2 Å². The van der Waals surface area contributed by atoms with Crippen LogP contribution in [0.5, 0.6) is 11.5 Å². The van der Waals surface area contributed by atoms with Gasteiger partial charge in [-0.1, -0.05) is 18.2 Å². The number of anilines is 1. The molecule has 8 nitrogen and oxygen atoms in total. The van der Waals surface area contributed by atoms with Crippen molar-refractivity contribution in [1.29, 1.82) is 0 Å². The van der Waals surface area contributed by atoms with Gasteiger partial charge < -0.3 is 14.8 Å². The highest BCUT2D eigenvalue weighted by Crippen LogP contribution is 2.32. The highest BCUT2D eigenvalue weighted by molar-refractivity contribution is 6.07. The van der Waals surface area contributed by atoms with Crippen molar-refractivity contribution in [3.8, 4) is 11.5 Å². The molecule has 1 heterocycles. The van der Waals surface area contributed by atoms with Crippen LogP contribution in [0.3, 0.4) is 0 Å². The van der Waals surface area contributed by atoms with Crippen LogP contribution in [-0.4, -0.2) is 22.9 Å². The summed E-state index contributed by atoms with van der Waals surface area (Å²) in [7, 11) is 1.51. The minimum absolute atomic E-state index is 0.0105. The molecular formula is C21H19N3O5. The van der Waals surface area contributed by atoms with E-state index >= 15 is 0 Å². The second-order valence-corrected chi connectivity index (χ2v) is 6.20. The second kappa shape index (κ2) is 8.83. The van der Waals surface area contributed by atoms with Crippen molar-refractivity contribution in [2.75, 3.05) is 12.4 Å². The number of aromatic nitrogens is 1. The molecule has 0 unspecified atom stereocenters. The molecule has 2 aromatic carbocycles. The SMILES string of the molecule is COc1ccc(NC(=O)c2cccc(C)c2[N+](=O)[O-])cc1OCc1cccnc1. The summed E-state index contributed by atoms with van der Waals surface area (Å²) >= 11 is 0. The van der Waals surface area contributed by atoms with Crippen molar-refractivity contribution in [3.05, 3.63) is 87.7 Å². The van der Waals surface area contributed by atoms with Gasteiger partial charge in [-0.25, -0.2) is 0 Å². The van der Waals surface area contributed by atoms with Crippen LogP contribution >= 0.6 is 0 Å². The number of methoxy groups -OCH3 is 1. The van der Waals surface area contributed by atoms with E-state index in [-0.39, 0.29) is 17.9 Å². The second-order valence-electron chi connectivity index (χ2n) is 6.20. The number of nitro benzene ring substituents is 1.